The summed E-state index contributed by atoms with van der Waals surface area (Å²) in [6, 6.07) is 11.2. The van der Waals surface area contributed by atoms with Gasteiger partial charge in [0.15, 0.2) is 5.78 Å². The molecule has 2 rings (SSSR count). The first-order valence-electron chi connectivity index (χ1n) is 9.86. The molecule has 0 fully saturated rings. The van der Waals surface area contributed by atoms with Crippen molar-refractivity contribution in [1.29, 1.82) is 0 Å². The maximum Gasteiger partial charge on any atom is 0.321 e. The lowest BCUT2D eigenvalue weighted by Gasteiger charge is -2.20. The van der Waals surface area contributed by atoms with Gasteiger partial charge in [0.05, 0.1) is 15.7 Å². The van der Waals surface area contributed by atoms with Crippen LogP contribution in [0.15, 0.2) is 36.4 Å². The number of rotatable bonds is 7. The van der Waals surface area contributed by atoms with E-state index in [1.807, 2.05) is 64.1 Å². The van der Waals surface area contributed by atoms with E-state index in [1.165, 1.54) is 0 Å². The van der Waals surface area contributed by atoms with E-state index in [0.717, 1.165) is 28.7 Å². The molecule has 0 spiro atoms. The summed E-state index contributed by atoms with van der Waals surface area (Å²) in [5, 5.41) is 0. The topological polar surface area (TPSA) is 60.4 Å². The van der Waals surface area contributed by atoms with Gasteiger partial charge in [-0.2, -0.15) is 0 Å². The predicted octanol–water partition coefficient (Wildman–Crippen LogP) is 5.42. The number of hydrogen-bond acceptors (Lipinski definition) is 4. The van der Waals surface area contributed by atoms with E-state index in [9.17, 15) is 9.59 Å². The van der Waals surface area contributed by atoms with Gasteiger partial charge in [-0.3, -0.25) is 9.59 Å². The Bertz CT molecular complexity index is 844. The van der Waals surface area contributed by atoms with E-state index >= 15 is 0 Å². The SMILES string of the molecule is Cc1cc(C)c(C(=O)C(C(=O)OCCC(C)C)c2ccccc2)c(C)c1C.O=[PH3]. The van der Waals surface area contributed by atoms with Gasteiger partial charge in [-0.1, -0.05) is 50.2 Å². The zero-order chi connectivity index (χ0) is 22.1. The third-order valence-corrected chi connectivity index (χ3v) is 5.17. The van der Waals surface area contributed by atoms with Crippen LogP contribution in [-0.4, -0.2) is 18.4 Å². The largest absolute Gasteiger partial charge is 0.465 e. The average Bonchev–Trinajstić information content (AvgIpc) is 2.68. The van der Waals surface area contributed by atoms with Gasteiger partial charge >= 0.3 is 5.97 Å². The molecule has 0 N–H and O–H groups in total. The lowest BCUT2D eigenvalue weighted by molar-refractivity contribution is -0.144. The molecule has 0 heterocycles. The molecule has 0 aliphatic carbocycles. The third kappa shape index (κ3) is 6.40. The molecule has 0 radical (unpaired) electrons. The quantitative estimate of drug-likeness (QED) is 0.262. The molecular formula is C24H33O4P. The first-order chi connectivity index (χ1) is 13.7. The van der Waals surface area contributed by atoms with Crippen LogP contribution in [0.3, 0.4) is 0 Å². The zero-order valence-electron chi connectivity index (χ0n) is 18.4. The maximum absolute atomic E-state index is 13.5. The van der Waals surface area contributed by atoms with Crippen LogP contribution in [0.2, 0.25) is 0 Å². The number of carbonyl (C=O) groups excluding carboxylic acids is 2. The second kappa shape index (κ2) is 11.7. The van der Waals surface area contributed by atoms with E-state index in [4.69, 9.17) is 9.30 Å². The van der Waals surface area contributed by atoms with Crippen LogP contribution in [0.1, 0.15) is 64.4 Å². The van der Waals surface area contributed by atoms with Crippen LogP contribution < -0.4 is 0 Å². The highest BCUT2D eigenvalue weighted by Crippen LogP contribution is 2.29. The zero-order valence-corrected chi connectivity index (χ0v) is 19.8. The molecule has 2 unspecified atom stereocenters. The highest BCUT2D eigenvalue weighted by Gasteiger charge is 2.33. The Hall–Kier alpha value is -2.19. The molecule has 4 nitrogen and oxygen atoms in total. The van der Waals surface area contributed by atoms with Crippen molar-refractivity contribution in [2.45, 2.75) is 53.9 Å². The summed E-state index contributed by atoms with van der Waals surface area (Å²) < 4.78 is 13.8. The molecule has 0 amide bonds. The predicted molar refractivity (Wildman–Crippen MR) is 121 cm³/mol. The van der Waals surface area contributed by atoms with Gasteiger partial charge in [-0.05, 0) is 67.9 Å². The minimum absolute atomic E-state index is 0.186. The monoisotopic (exact) mass is 416 g/mol. The van der Waals surface area contributed by atoms with Gasteiger partial charge in [-0.25, -0.2) is 0 Å². The molecule has 158 valence electrons. The highest BCUT2D eigenvalue weighted by atomic mass is 31.0. The molecule has 2 aromatic rings. The van der Waals surface area contributed by atoms with Crippen LogP contribution in [0.4, 0.5) is 0 Å². The lowest BCUT2D eigenvalue weighted by atomic mass is 9.84. The minimum atomic E-state index is -0.933. The third-order valence-electron chi connectivity index (χ3n) is 5.17. The highest BCUT2D eigenvalue weighted by molar-refractivity contribution is 7.00. The van der Waals surface area contributed by atoms with E-state index < -0.39 is 11.9 Å². The van der Waals surface area contributed by atoms with Crippen LogP contribution in [0.25, 0.3) is 0 Å². The summed E-state index contributed by atoms with van der Waals surface area (Å²) in [6.45, 7) is 12.4. The molecule has 0 aromatic heterocycles. The molecule has 0 saturated carbocycles. The minimum Gasteiger partial charge on any atom is -0.465 e. The Kier molecular flexibility index (Phi) is 10.0. The van der Waals surface area contributed by atoms with Crippen LogP contribution in [0.5, 0.6) is 0 Å². The van der Waals surface area contributed by atoms with Gasteiger partial charge in [0, 0.05) is 5.56 Å². The fourth-order valence-corrected chi connectivity index (χ4v) is 3.33. The molecular weight excluding hydrogens is 383 g/mol. The molecule has 2 aromatic carbocycles. The van der Waals surface area contributed by atoms with Crippen LogP contribution in [-0.2, 0) is 14.1 Å². The smallest absolute Gasteiger partial charge is 0.321 e. The van der Waals surface area contributed by atoms with Gasteiger partial charge < -0.3 is 9.30 Å². The number of benzene rings is 2. The van der Waals surface area contributed by atoms with E-state index in [2.05, 4.69) is 13.8 Å². The summed E-state index contributed by atoms with van der Waals surface area (Å²) in [4.78, 5) is 26.4. The Labute approximate surface area is 176 Å². The molecule has 5 heteroatoms. The van der Waals surface area contributed by atoms with Gasteiger partial charge in [0.1, 0.15) is 5.92 Å². The lowest BCUT2D eigenvalue weighted by Crippen LogP contribution is -2.26. The van der Waals surface area contributed by atoms with Crippen LogP contribution in [0, 0.1) is 33.6 Å². The van der Waals surface area contributed by atoms with Crippen molar-refractivity contribution in [1.82, 2.24) is 0 Å². The fraction of sp³-hybridized carbons (Fsp3) is 0.417. The van der Waals surface area contributed by atoms with Crippen molar-refractivity contribution in [2.24, 2.45) is 5.92 Å². The Morgan fingerprint density at radius 3 is 2.07 bits per heavy atom. The number of hydrogen-bond donors (Lipinski definition) is 0. The summed E-state index contributed by atoms with van der Waals surface area (Å²) in [5.41, 5.74) is 5.38. The van der Waals surface area contributed by atoms with Crippen molar-refractivity contribution in [2.75, 3.05) is 6.61 Å². The summed E-state index contributed by atoms with van der Waals surface area (Å²) >= 11 is 0. The van der Waals surface area contributed by atoms with Crippen molar-refractivity contribution in [3.63, 3.8) is 0 Å². The number of ketones is 1. The molecule has 2 atom stereocenters. The van der Waals surface area contributed by atoms with E-state index in [1.54, 1.807) is 0 Å². The van der Waals surface area contributed by atoms with E-state index in [-0.39, 0.29) is 5.78 Å². The summed E-state index contributed by atoms with van der Waals surface area (Å²) in [6.07, 6.45) is 0.781. The maximum atomic E-state index is 13.5. The molecule has 29 heavy (non-hydrogen) atoms. The van der Waals surface area contributed by atoms with Gasteiger partial charge in [0.2, 0.25) is 0 Å². The summed E-state index contributed by atoms with van der Waals surface area (Å²) in [5.74, 6) is -1.15. The Morgan fingerprint density at radius 2 is 1.52 bits per heavy atom. The first-order valence-corrected chi connectivity index (χ1v) is 10.4. The first kappa shape index (κ1) is 24.8. The number of carbonyl (C=O) groups is 2. The molecule has 0 bridgehead atoms. The second-order valence-corrected chi connectivity index (χ2v) is 7.69. The van der Waals surface area contributed by atoms with Gasteiger partial charge in [0.25, 0.3) is 0 Å². The van der Waals surface area contributed by atoms with Crippen molar-refractivity contribution >= 4 is 20.9 Å². The number of aryl methyl sites for hydroxylation is 2. The second-order valence-electron chi connectivity index (χ2n) is 7.69. The average molecular weight is 416 g/mol. The Morgan fingerprint density at radius 1 is 0.931 bits per heavy atom. The Balaban J connectivity index is 0.00000204. The normalized spacial score (nSPS) is 11.6. The summed E-state index contributed by atoms with van der Waals surface area (Å²) in [7, 11) is 0.611. The number of Topliss-reactive ketones (excluding diaryl/α,β-unsaturated/α-hetero) is 1. The van der Waals surface area contributed by atoms with Gasteiger partial charge in [-0.15, -0.1) is 0 Å². The van der Waals surface area contributed by atoms with Crippen molar-refractivity contribution in [3.05, 3.63) is 69.8 Å². The molecule has 0 saturated heterocycles. The standard InChI is InChI=1S/C24H30O3.H3OP/c1-15(2)12-13-27-24(26)22(20-10-8-7-9-11-20)23(25)21-17(4)14-16(3)18(5)19(21)6;1-2/h7-11,14-15,22H,12-13H2,1-6H3;2H3. The van der Waals surface area contributed by atoms with Crippen LogP contribution >= 0.6 is 9.12 Å². The van der Waals surface area contributed by atoms with E-state index in [0.29, 0.717) is 32.8 Å². The number of ether oxygens (including phenoxy) is 1. The molecule has 0 aliphatic heterocycles. The number of esters is 1. The fourth-order valence-electron chi connectivity index (χ4n) is 3.33. The molecule has 0 aliphatic rings. The van der Waals surface area contributed by atoms with Crippen molar-refractivity contribution in [3.8, 4) is 0 Å². The van der Waals surface area contributed by atoms with Crippen molar-refractivity contribution < 1.29 is 18.9 Å².